The van der Waals surface area contributed by atoms with Crippen molar-refractivity contribution < 1.29 is 4.79 Å². The number of hydrogen-bond acceptors (Lipinski definition) is 2. The first-order valence-electron chi connectivity index (χ1n) is 6.37. The third-order valence-corrected chi connectivity index (χ3v) is 3.69. The number of nitrogens with zero attached hydrogens (tertiary/aromatic N) is 1. The summed E-state index contributed by atoms with van der Waals surface area (Å²) in [6.07, 6.45) is 2.09. The maximum atomic E-state index is 11.7. The van der Waals surface area contributed by atoms with E-state index in [-0.39, 0.29) is 11.8 Å². The molecule has 0 saturated carbocycles. The Morgan fingerprint density at radius 2 is 2.17 bits per heavy atom. The monoisotopic (exact) mass is 266 g/mol. The lowest BCUT2D eigenvalue weighted by atomic mass is 9.97. The van der Waals surface area contributed by atoms with Gasteiger partial charge in [-0.2, -0.15) is 0 Å². The van der Waals surface area contributed by atoms with E-state index in [2.05, 4.69) is 10.2 Å². The molecule has 0 unspecified atom stereocenters. The molecule has 18 heavy (non-hydrogen) atoms. The molecular formula is C14H19ClN2O. The molecule has 1 amide bonds. The molecule has 1 aromatic carbocycles. The van der Waals surface area contributed by atoms with Gasteiger partial charge < -0.3 is 5.32 Å². The zero-order valence-electron chi connectivity index (χ0n) is 10.7. The minimum atomic E-state index is 0.135. The van der Waals surface area contributed by atoms with Crippen molar-refractivity contribution in [3.8, 4) is 0 Å². The summed E-state index contributed by atoms with van der Waals surface area (Å²) in [7, 11) is 1.71. The minimum Gasteiger partial charge on any atom is -0.359 e. The number of piperidine rings is 1. The van der Waals surface area contributed by atoms with E-state index in [1.165, 1.54) is 5.56 Å². The van der Waals surface area contributed by atoms with E-state index in [1.807, 2.05) is 24.3 Å². The zero-order valence-corrected chi connectivity index (χ0v) is 11.4. The van der Waals surface area contributed by atoms with E-state index in [9.17, 15) is 4.79 Å². The van der Waals surface area contributed by atoms with E-state index in [0.717, 1.165) is 37.5 Å². The summed E-state index contributed by atoms with van der Waals surface area (Å²) in [5.74, 6) is 0.298. The number of halogens is 1. The van der Waals surface area contributed by atoms with Gasteiger partial charge in [0, 0.05) is 25.2 Å². The van der Waals surface area contributed by atoms with Crippen molar-refractivity contribution in [3.63, 3.8) is 0 Å². The first-order valence-corrected chi connectivity index (χ1v) is 6.75. The Kier molecular flexibility index (Phi) is 4.61. The summed E-state index contributed by atoms with van der Waals surface area (Å²) in [4.78, 5) is 14.0. The highest BCUT2D eigenvalue weighted by atomic mass is 35.5. The standard InChI is InChI=1S/C14H19ClN2O/c1-16-14(18)12-3-2-8-17(10-12)9-11-4-6-13(15)7-5-11/h4-7,12H,2-3,8-10H2,1H3,(H,16,18)/t12-/m1/s1. The van der Waals surface area contributed by atoms with E-state index in [4.69, 9.17) is 11.6 Å². The van der Waals surface area contributed by atoms with Crippen LogP contribution in [-0.4, -0.2) is 30.9 Å². The smallest absolute Gasteiger partial charge is 0.224 e. The lowest BCUT2D eigenvalue weighted by Gasteiger charge is -2.31. The highest BCUT2D eigenvalue weighted by Crippen LogP contribution is 2.19. The summed E-state index contributed by atoms with van der Waals surface area (Å²) >= 11 is 5.87. The van der Waals surface area contributed by atoms with Gasteiger partial charge in [0.25, 0.3) is 0 Å². The molecule has 1 saturated heterocycles. The summed E-state index contributed by atoms with van der Waals surface area (Å²) in [5.41, 5.74) is 1.25. The number of nitrogens with one attached hydrogen (secondary N) is 1. The average molecular weight is 267 g/mol. The van der Waals surface area contributed by atoms with Gasteiger partial charge >= 0.3 is 0 Å². The first-order chi connectivity index (χ1) is 8.69. The Morgan fingerprint density at radius 3 is 2.83 bits per heavy atom. The topological polar surface area (TPSA) is 32.3 Å². The first kappa shape index (κ1) is 13.4. The molecule has 1 aromatic rings. The molecule has 2 rings (SSSR count). The van der Waals surface area contributed by atoms with Crippen LogP contribution in [0.5, 0.6) is 0 Å². The van der Waals surface area contributed by atoms with Crippen LogP contribution in [0.25, 0.3) is 0 Å². The van der Waals surface area contributed by atoms with Crippen molar-refractivity contribution >= 4 is 17.5 Å². The SMILES string of the molecule is CNC(=O)[C@@H]1CCCN(Cc2ccc(Cl)cc2)C1. The predicted octanol–water partition coefficient (Wildman–Crippen LogP) is 2.30. The summed E-state index contributed by atoms with van der Waals surface area (Å²) in [5, 5.41) is 3.51. The molecule has 0 bridgehead atoms. The van der Waals surface area contributed by atoms with Crippen LogP contribution in [0.1, 0.15) is 18.4 Å². The largest absolute Gasteiger partial charge is 0.359 e. The van der Waals surface area contributed by atoms with Gasteiger partial charge in [0.2, 0.25) is 5.91 Å². The second kappa shape index (κ2) is 6.21. The molecule has 0 spiro atoms. The lowest BCUT2D eigenvalue weighted by molar-refractivity contribution is -0.126. The molecule has 1 N–H and O–H groups in total. The molecule has 1 atom stereocenters. The minimum absolute atomic E-state index is 0.135. The van der Waals surface area contributed by atoms with Gasteiger partial charge in [-0.15, -0.1) is 0 Å². The zero-order chi connectivity index (χ0) is 13.0. The Bertz CT molecular complexity index is 405. The number of likely N-dealkylation sites (tertiary alicyclic amines) is 1. The van der Waals surface area contributed by atoms with Crippen molar-refractivity contribution in [1.29, 1.82) is 0 Å². The summed E-state index contributed by atoms with van der Waals surface area (Å²) in [6.45, 7) is 2.81. The van der Waals surface area contributed by atoms with Crippen molar-refractivity contribution in [2.45, 2.75) is 19.4 Å². The molecule has 0 aliphatic carbocycles. The number of rotatable bonds is 3. The summed E-state index contributed by atoms with van der Waals surface area (Å²) < 4.78 is 0. The molecule has 4 heteroatoms. The molecule has 98 valence electrons. The summed E-state index contributed by atoms with van der Waals surface area (Å²) in [6, 6.07) is 7.92. The van der Waals surface area contributed by atoms with Crippen LogP contribution in [0, 0.1) is 5.92 Å². The normalized spacial score (nSPS) is 20.7. The number of benzene rings is 1. The quantitative estimate of drug-likeness (QED) is 0.911. The Morgan fingerprint density at radius 1 is 1.44 bits per heavy atom. The molecule has 1 heterocycles. The van der Waals surface area contributed by atoms with Gasteiger partial charge in [-0.1, -0.05) is 23.7 Å². The van der Waals surface area contributed by atoms with Crippen LogP contribution in [0.2, 0.25) is 5.02 Å². The van der Waals surface area contributed by atoms with Crippen LogP contribution in [0.3, 0.4) is 0 Å². The molecular weight excluding hydrogens is 248 g/mol. The van der Waals surface area contributed by atoms with Crippen molar-refractivity contribution in [2.24, 2.45) is 5.92 Å². The van der Waals surface area contributed by atoms with Crippen LogP contribution in [-0.2, 0) is 11.3 Å². The van der Waals surface area contributed by atoms with Gasteiger partial charge in [0.1, 0.15) is 0 Å². The fourth-order valence-electron chi connectivity index (χ4n) is 2.47. The van der Waals surface area contributed by atoms with Gasteiger partial charge in [0.15, 0.2) is 0 Å². The number of carbonyl (C=O) groups excluding carboxylic acids is 1. The fraction of sp³-hybridized carbons (Fsp3) is 0.500. The number of hydrogen-bond donors (Lipinski definition) is 1. The van der Waals surface area contributed by atoms with Gasteiger partial charge in [0.05, 0.1) is 5.92 Å². The van der Waals surface area contributed by atoms with E-state index in [1.54, 1.807) is 7.05 Å². The van der Waals surface area contributed by atoms with E-state index >= 15 is 0 Å². The highest BCUT2D eigenvalue weighted by Gasteiger charge is 2.24. The van der Waals surface area contributed by atoms with E-state index in [0.29, 0.717) is 0 Å². The van der Waals surface area contributed by atoms with Gasteiger partial charge in [-0.05, 0) is 37.1 Å². The molecule has 3 nitrogen and oxygen atoms in total. The molecule has 1 fully saturated rings. The Balaban J connectivity index is 1.93. The maximum Gasteiger partial charge on any atom is 0.224 e. The lowest BCUT2D eigenvalue weighted by Crippen LogP contribution is -2.41. The van der Waals surface area contributed by atoms with Crippen molar-refractivity contribution in [2.75, 3.05) is 20.1 Å². The predicted molar refractivity (Wildman–Crippen MR) is 73.5 cm³/mol. The van der Waals surface area contributed by atoms with Gasteiger partial charge in [-0.25, -0.2) is 0 Å². The van der Waals surface area contributed by atoms with Crippen molar-refractivity contribution in [3.05, 3.63) is 34.9 Å². The van der Waals surface area contributed by atoms with Crippen molar-refractivity contribution in [1.82, 2.24) is 10.2 Å². The van der Waals surface area contributed by atoms with Crippen LogP contribution >= 0.6 is 11.6 Å². The number of amides is 1. The van der Waals surface area contributed by atoms with E-state index < -0.39 is 0 Å². The second-order valence-corrected chi connectivity index (χ2v) is 5.25. The molecule has 1 aliphatic heterocycles. The molecule has 0 aromatic heterocycles. The fourth-order valence-corrected chi connectivity index (χ4v) is 2.59. The highest BCUT2D eigenvalue weighted by molar-refractivity contribution is 6.30. The van der Waals surface area contributed by atoms with Gasteiger partial charge in [-0.3, -0.25) is 9.69 Å². The average Bonchev–Trinajstić information content (AvgIpc) is 2.41. The Labute approximate surface area is 113 Å². The Hall–Kier alpha value is -1.06. The second-order valence-electron chi connectivity index (χ2n) is 4.81. The maximum absolute atomic E-state index is 11.7. The third kappa shape index (κ3) is 3.47. The van der Waals surface area contributed by atoms with Crippen LogP contribution in [0.4, 0.5) is 0 Å². The number of carbonyl (C=O) groups is 1. The molecule has 1 aliphatic rings. The van der Waals surface area contributed by atoms with Crippen LogP contribution in [0.15, 0.2) is 24.3 Å². The third-order valence-electron chi connectivity index (χ3n) is 3.44. The molecule has 0 radical (unpaired) electrons. The van der Waals surface area contributed by atoms with Crippen LogP contribution < -0.4 is 5.32 Å².